The molecule has 0 aliphatic carbocycles. The molecule has 0 fully saturated rings. The van der Waals surface area contributed by atoms with Crippen LogP contribution in [0.2, 0.25) is 0 Å². The van der Waals surface area contributed by atoms with E-state index in [4.69, 9.17) is 0 Å². The van der Waals surface area contributed by atoms with E-state index in [0.29, 0.717) is 5.56 Å². The van der Waals surface area contributed by atoms with Crippen molar-refractivity contribution in [3.63, 3.8) is 0 Å². The van der Waals surface area contributed by atoms with Crippen molar-refractivity contribution < 1.29 is 8.78 Å². The smallest absolute Gasteiger partial charge is 0.131 e. The Hall–Kier alpha value is -2.92. The maximum atomic E-state index is 14.3. The fourth-order valence-electron chi connectivity index (χ4n) is 2.90. The molecule has 0 saturated heterocycles. The number of aryl methyl sites for hydroxylation is 1. The molecule has 0 saturated carbocycles. The molecule has 2 heterocycles. The highest BCUT2D eigenvalue weighted by Crippen LogP contribution is 2.39. The average molecular weight is 364 g/mol. The summed E-state index contributed by atoms with van der Waals surface area (Å²) >= 11 is 1.33. The molecule has 0 atom stereocenters. The lowest BCUT2D eigenvalue weighted by Crippen LogP contribution is -1.89. The first kappa shape index (κ1) is 16.5. The summed E-state index contributed by atoms with van der Waals surface area (Å²) in [6, 6.07) is 16.7. The van der Waals surface area contributed by atoms with E-state index in [1.807, 2.05) is 25.1 Å². The summed E-state index contributed by atoms with van der Waals surface area (Å²) in [5, 5.41) is 0. The van der Waals surface area contributed by atoms with Gasteiger partial charge in [0.25, 0.3) is 0 Å². The topological polar surface area (TPSA) is 25.8 Å². The molecular formula is C21H14F2N2S. The van der Waals surface area contributed by atoms with Crippen LogP contribution in [0, 0.1) is 18.6 Å². The lowest BCUT2D eigenvalue weighted by Gasteiger charge is -2.08. The molecule has 0 amide bonds. The van der Waals surface area contributed by atoms with Crippen molar-refractivity contribution in [3.8, 4) is 32.8 Å². The zero-order valence-corrected chi connectivity index (χ0v) is 14.7. The lowest BCUT2D eigenvalue weighted by atomic mass is 9.99. The van der Waals surface area contributed by atoms with Crippen LogP contribution in [0.4, 0.5) is 8.78 Å². The van der Waals surface area contributed by atoms with Crippen molar-refractivity contribution in [2.24, 2.45) is 0 Å². The van der Waals surface area contributed by atoms with E-state index in [1.54, 1.807) is 30.5 Å². The van der Waals surface area contributed by atoms with Gasteiger partial charge in [-0.25, -0.2) is 8.78 Å². The number of hydrogen-bond acceptors (Lipinski definition) is 3. The largest absolute Gasteiger partial charge is 0.256 e. The zero-order chi connectivity index (χ0) is 18.1. The standard InChI is InChI=1S/C21H14F2N2S/c1-13-20(17-4-2-3-5-18(17)23)21(26-25-13)15-10-11-24-19(12-15)14-6-8-16(22)9-7-14/h2-12H,1H3. The number of halogens is 2. The zero-order valence-electron chi connectivity index (χ0n) is 13.9. The van der Waals surface area contributed by atoms with Crippen molar-refractivity contribution in [2.75, 3.05) is 0 Å². The third-order valence-electron chi connectivity index (χ3n) is 4.17. The highest BCUT2D eigenvalue weighted by Gasteiger charge is 2.18. The van der Waals surface area contributed by atoms with Gasteiger partial charge in [-0.3, -0.25) is 4.98 Å². The molecule has 2 aromatic carbocycles. The lowest BCUT2D eigenvalue weighted by molar-refractivity contribution is 0.628. The van der Waals surface area contributed by atoms with Crippen LogP contribution < -0.4 is 0 Å². The molecule has 4 aromatic rings. The van der Waals surface area contributed by atoms with Gasteiger partial charge >= 0.3 is 0 Å². The minimum absolute atomic E-state index is 0.273. The molecular weight excluding hydrogens is 350 g/mol. The van der Waals surface area contributed by atoms with Crippen molar-refractivity contribution >= 4 is 11.5 Å². The summed E-state index contributed by atoms with van der Waals surface area (Å²) < 4.78 is 31.9. The van der Waals surface area contributed by atoms with Gasteiger partial charge in [-0.15, -0.1) is 0 Å². The predicted molar refractivity (Wildman–Crippen MR) is 101 cm³/mol. The van der Waals surface area contributed by atoms with Crippen LogP contribution >= 0.6 is 11.5 Å². The van der Waals surface area contributed by atoms with Crippen LogP contribution in [0.3, 0.4) is 0 Å². The Balaban J connectivity index is 1.84. The molecule has 0 aliphatic rings. The van der Waals surface area contributed by atoms with E-state index in [9.17, 15) is 8.78 Å². The maximum Gasteiger partial charge on any atom is 0.131 e. The molecule has 26 heavy (non-hydrogen) atoms. The Morgan fingerprint density at radius 3 is 2.42 bits per heavy atom. The summed E-state index contributed by atoms with van der Waals surface area (Å²) in [7, 11) is 0. The number of aromatic nitrogens is 2. The minimum Gasteiger partial charge on any atom is -0.256 e. The second-order valence-corrected chi connectivity index (χ2v) is 6.66. The minimum atomic E-state index is -0.287. The molecule has 4 rings (SSSR count). The third kappa shape index (κ3) is 3.02. The number of nitrogens with zero attached hydrogens (tertiary/aromatic N) is 2. The quantitative estimate of drug-likeness (QED) is 0.437. The van der Waals surface area contributed by atoms with Crippen molar-refractivity contribution in [2.45, 2.75) is 6.92 Å². The number of pyridine rings is 1. The van der Waals surface area contributed by atoms with Crippen LogP contribution in [0.15, 0.2) is 66.9 Å². The first-order valence-corrected chi connectivity index (χ1v) is 8.84. The van der Waals surface area contributed by atoms with Gasteiger partial charge in [0.1, 0.15) is 11.6 Å². The summed E-state index contributed by atoms with van der Waals surface area (Å²) in [5.41, 5.74) is 4.58. The fourth-order valence-corrected chi connectivity index (χ4v) is 3.80. The normalized spacial score (nSPS) is 10.9. The highest BCUT2D eigenvalue weighted by atomic mass is 32.1. The van der Waals surface area contributed by atoms with Crippen LogP contribution in [-0.2, 0) is 0 Å². The first-order chi connectivity index (χ1) is 12.6. The molecule has 128 valence electrons. The van der Waals surface area contributed by atoms with E-state index in [1.165, 1.54) is 29.7 Å². The second kappa shape index (κ2) is 6.77. The fraction of sp³-hybridized carbons (Fsp3) is 0.0476. The van der Waals surface area contributed by atoms with Crippen LogP contribution in [0.1, 0.15) is 5.69 Å². The van der Waals surface area contributed by atoms with Crippen LogP contribution in [-0.4, -0.2) is 9.36 Å². The first-order valence-electron chi connectivity index (χ1n) is 8.07. The number of hydrogen-bond donors (Lipinski definition) is 0. The van der Waals surface area contributed by atoms with E-state index in [0.717, 1.165) is 33.0 Å². The van der Waals surface area contributed by atoms with Gasteiger partial charge < -0.3 is 0 Å². The molecule has 5 heteroatoms. The Morgan fingerprint density at radius 2 is 1.65 bits per heavy atom. The average Bonchev–Trinajstić information content (AvgIpc) is 3.04. The van der Waals surface area contributed by atoms with Gasteiger partial charge in [-0.05, 0) is 66.5 Å². The van der Waals surface area contributed by atoms with E-state index < -0.39 is 0 Å². The number of benzene rings is 2. The Morgan fingerprint density at radius 1 is 0.885 bits per heavy atom. The summed E-state index contributed by atoms with van der Waals surface area (Å²) in [4.78, 5) is 5.27. The summed E-state index contributed by atoms with van der Waals surface area (Å²) in [6.07, 6.45) is 1.70. The second-order valence-electron chi connectivity index (χ2n) is 5.89. The van der Waals surface area contributed by atoms with Crippen LogP contribution in [0.25, 0.3) is 32.8 Å². The van der Waals surface area contributed by atoms with Gasteiger partial charge in [0.05, 0.1) is 16.3 Å². The van der Waals surface area contributed by atoms with E-state index in [2.05, 4.69) is 9.36 Å². The van der Waals surface area contributed by atoms with Gasteiger partial charge in [0.2, 0.25) is 0 Å². The summed E-state index contributed by atoms with van der Waals surface area (Å²) in [5.74, 6) is -0.560. The van der Waals surface area contributed by atoms with Crippen LogP contribution in [0.5, 0.6) is 0 Å². The SMILES string of the molecule is Cc1nsc(-c2ccnc(-c3ccc(F)cc3)c2)c1-c1ccccc1F. The van der Waals surface area contributed by atoms with Gasteiger partial charge in [-0.2, -0.15) is 4.37 Å². The highest BCUT2D eigenvalue weighted by molar-refractivity contribution is 7.10. The van der Waals surface area contributed by atoms with Crippen molar-refractivity contribution in [3.05, 3.63) is 84.2 Å². The molecule has 0 unspecified atom stereocenters. The van der Waals surface area contributed by atoms with Crippen molar-refractivity contribution in [1.29, 1.82) is 0 Å². The van der Waals surface area contributed by atoms with Gasteiger partial charge in [0, 0.05) is 22.9 Å². The molecule has 2 aromatic heterocycles. The van der Waals surface area contributed by atoms with Gasteiger partial charge in [-0.1, -0.05) is 18.2 Å². The molecule has 0 aliphatic heterocycles. The Labute approximate surface area is 154 Å². The molecule has 0 N–H and O–H groups in total. The molecule has 2 nitrogen and oxygen atoms in total. The van der Waals surface area contributed by atoms with E-state index in [-0.39, 0.29) is 11.6 Å². The molecule has 0 bridgehead atoms. The monoisotopic (exact) mass is 364 g/mol. The maximum absolute atomic E-state index is 14.3. The summed E-state index contributed by atoms with van der Waals surface area (Å²) in [6.45, 7) is 1.88. The van der Waals surface area contributed by atoms with E-state index >= 15 is 0 Å². The van der Waals surface area contributed by atoms with Crippen molar-refractivity contribution in [1.82, 2.24) is 9.36 Å². The Kier molecular flexibility index (Phi) is 4.31. The molecule has 0 spiro atoms. The van der Waals surface area contributed by atoms with Gasteiger partial charge in [0.15, 0.2) is 0 Å². The third-order valence-corrected chi connectivity index (χ3v) is 5.16. The molecule has 0 radical (unpaired) electrons. The predicted octanol–water partition coefficient (Wildman–Crippen LogP) is 6.13. The Bertz CT molecular complexity index is 1070. The number of rotatable bonds is 3.